The summed E-state index contributed by atoms with van der Waals surface area (Å²) in [4.78, 5) is 16.4. The van der Waals surface area contributed by atoms with Crippen molar-refractivity contribution >= 4 is 5.91 Å². The lowest BCUT2D eigenvalue weighted by Gasteiger charge is -2.25. The molecule has 0 atom stereocenters. The lowest BCUT2D eigenvalue weighted by Crippen LogP contribution is -2.33. The number of hydrogen-bond donors (Lipinski definition) is 0. The Balaban J connectivity index is 1.74. The van der Waals surface area contributed by atoms with Crippen molar-refractivity contribution in [1.29, 1.82) is 0 Å². The number of carbonyl (C=O) groups excluding carboxylic acids is 1. The predicted octanol–water partition coefficient (Wildman–Crippen LogP) is 3.44. The number of carbonyl (C=O) groups is 1. The molecule has 0 spiro atoms. The third-order valence-corrected chi connectivity index (χ3v) is 4.35. The van der Waals surface area contributed by atoms with E-state index in [0.717, 1.165) is 25.2 Å². The number of halogens is 1. The Labute approximate surface area is 133 Å². The molecule has 2 rings (SSSR count). The van der Waals surface area contributed by atoms with E-state index in [9.17, 15) is 9.18 Å². The van der Waals surface area contributed by atoms with Gasteiger partial charge in [0.25, 0.3) is 0 Å². The van der Waals surface area contributed by atoms with E-state index in [-0.39, 0.29) is 11.7 Å². The van der Waals surface area contributed by atoms with Crippen LogP contribution in [0, 0.1) is 5.82 Å². The van der Waals surface area contributed by atoms with Gasteiger partial charge in [-0.15, -0.1) is 0 Å². The maximum Gasteiger partial charge on any atom is 0.223 e. The molecule has 0 N–H and O–H groups in total. The highest BCUT2D eigenvalue weighted by Crippen LogP contribution is 2.11. The van der Waals surface area contributed by atoms with Crippen molar-refractivity contribution in [3.05, 3.63) is 35.6 Å². The van der Waals surface area contributed by atoms with Crippen molar-refractivity contribution in [2.24, 2.45) is 0 Å². The van der Waals surface area contributed by atoms with Crippen LogP contribution in [0.2, 0.25) is 0 Å². The minimum absolute atomic E-state index is 0.159. The minimum atomic E-state index is -0.241. The van der Waals surface area contributed by atoms with E-state index in [1.165, 1.54) is 44.2 Å². The lowest BCUT2D eigenvalue weighted by molar-refractivity contribution is -0.130. The van der Waals surface area contributed by atoms with Crippen LogP contribution in [0.3, 0.4) is 0 Å². The zero-order valence-corrected chi connectivity index (χ0v) is 13.6. The number of benzene rings is 1. The number of amides is 1. The van der Waals surface area contributed by atoms with Crippen LogP contribution >= 0.6 is 0 Å². The highest BCUT2D eigenvalue weighted by molar-refractivity contribution is 5.76. The molecule has 1 aliphatic rings. The van der Waals surface area contributed by atoms with Crippen LogP contribution in [0.5, 0.6) is 0 Å². The molecule has 0 bridgehead atoms. The van der Waals surface area contributed by atoms with Gasteiger partial charge in [-0.25, -0.2) is 4.39 Å². The molecule has 122 valence electrons. The van der Waals surface area contributed by atoms with Gasteiger partial charge in [0.15, 0.2) is 0 Å². The molecule has 22 heavy (non-hydrogen) atoms. The molecule has 1 aliphatic heterocycles. The Hall–Kier alpha value is -1.42. The summed E-state index contributed by atoms with van der Waals surface area (Å²) in [7, 11) is 1.82. The van der Waals surface area contributed by atoms with E-state index in [4.69, 9.17) is 0 Å². The molecule has 1 aromatic carbocycles. The summed E-state index contributed by atoms with van der Waals surface area (Å²) in [5.74, 6) is -0.0822. The Morgan fingerprint density at radius 3 is 2.32 bits per heavy atom. The van der Waals surface area contributed by atoms with Gasteiger partial charge in [0, 0.05) is 26.6 Å². The standard InChI is InChI=1S/C18H27FN2O/c1-20(15-16-7-9-17(19)10-8-16)18(22)11-14-21-12-5-3-2-4-6-13-21/h7-10H,2-6,11-15H2,1H3. The average Bonchev–Trinajstić information content (AvgIpc) is 2.48. The third kappa shape index (κ3) is 5.76. The maximum atomic E-state index is 12.9. The van der Waals surface area contributed by atoms with Gasteiger partial charge in [0.05, 0.1) is 0 Å². The Morgan fingerprint density at radius 1 is 1.09 bits per heavy atom. The molecular formula is C18H27FN2O. The summed E-state index contributed by atoms with van der Waals surface area (Å²) < 4.78 is 12.9. The summed E-state index contributed by atoms with van der Waals surface area (Å²) >= 11 is 0. The van der Waals surface area contributed by atoms with Gasteiger partial charge < -0.3 is 9.80 Å². The topological polar surface area (TPSA) is 23.6 Å². The molecule has 4 heteroatoms. The van der Waals surface area contributed by atoms with Crippen molar-refractivity contribution in [2.75, 3.05) is 26.7 Å². The van der Waals surface area contributed by atoms with Crippen molar-refractivity contribution in [3.63, 3.8) is 0 Å². The molecule has 3 nitrogen and oxygen atoms in total. The molecule has 1 saturated heterocycles. The molecule has 1 aromatic rings. The number of hydrogen-bond acceptors (Lipinski definition) is 2. The Kier molecular flexibility index (Phi) is 6.84. The van der Waals surface area contributed by atoms with Gasteiger partial charge in [-0.05, 0) is 43.6 Å². The smallest absolute Gasteiger partial charge is 0.223 e. The minimum Gasteiger partial charge on any atom is -0.341 e. The fourth-order valence-electron chi connectivity index (χ4n) is 2.93. The van der Waals surface area contributed by atoms with Crippen LogP contribution < -0.4 is 0 Å². The fourth-order valence-corrected chi connectivity index (χ4v) is 2.93. The second kappa shape index (κ2) is 8.89. The van der Waals surface area contributed by atoms with Gasteiger partial charge in [-0.1, -0.05) is 31.4 Å². The summed E-state index contributed by atoms with van der Waals surface area (Å²) in [5.41, 5.74) is 0.962. The van der Waals surface area contributed by atoms with Gasteiger partial charge in [-0.3, -0.25) is 4.79 Å². The average molecular weight is 306 g/mol. The van der Waals surface area contributed by atoms with Crippen LogP contribution in [0.15, 0.2) is 24.3 Å². The summed E-state index contributed by atoms with van der Waals surface area (Å²) in [6.07, 6.45) is 7.05. The summed E-state index contributed by atoms with van der Waals surface area (Å²) in [6, 6.07) is 6.34. The van der Waals surface area contributed by atoms with E-state index >= 15 is 0 Å². The van der Waals surface area contributed by atoms with Crippen LogP contribution in [0.4, 0.5) is 4.39 Å². The molecule has 0 unspecified atom stereocenters. The van der Waals surface area contributed by atoms with Gasteiger partial charge >= 0.3 is 0 Å². The first kappa shape index (κ1) is 16.9. The first-order valence-electron chi connectivity index (χ1n) is 8.36. The van der Waals surface area contributed by atoms with E-state index < -0.39 is 0 Å². The highest BCUT2D eigenvalue weighted by atomic mass is 19.1. The normalized spacial score (nSPS) is 16.8. The first-order valence-corrected chi connectivity index (χ1v) is 8.36. The quantitative estimate of drug-likeness (QED) is 0.832. The number of rotatable bonds is 5. The van der Waals surface area contributed by atoms with E-state index in [0.29, 0.717) is 13.0 Å². The molecule has 1 amide bonds. The van der Waals surface area contributed by atoms with E-state index in [1.54, 1.807) is 17.0 Å². The predicted molar refractivity (Wildman–Crippen MR) is 87.0 cm³/mol. The van der Waals surface area contributed by atoms with Crippen molar-refractivity contribution in [1.82, 2.24) is 9.80 Å². The van der Waals surface area contributed by atoms with E-state index in [2.05, 4.69) is 4.90 Å². The Bertz CT molecular complexity index is 453. The second-order valence-corrected chi connectivity index (χ2v) is 6.24. The van der Waals surface area contributed by atoms with Crippen LogP contribution in [0.25, 0.3) is 0 Å². The van der Waals surface area contributed by atoms with Crippen LogP contribution in [-0.2, 0) is 11.3 Å². The highest BCUT2D eigenvalue weighted by Gasteiger charge is 2.13. The number of nitrogens with zero attached hydrogens (tertiary/aromatic N) is 2. The molecule has 1 heterocycles. The largest absolute Gasteiger partial charge is 0.341 e. The SMILES string of the molecule is CN(Cc1ccc(F)cc1)C(=O)CCN1CCCCCCC1. The molecule has 0 aliphatic carbocycles. The molecule has 0 aromatic heterocycles. The van der Waals surface area contributed by atoms with Crippen LogP contribution in [-0.4, -0.2) is 42.4 Å². The van der Waals surface area contributed by atoms with Gasteiger partial charge in [0.1, 0.15) is 5.82 Å². The zero-order chi connectivity index (χ0) is 15.8. The van der Waals surface area contributed by atoms with Crippen molar-refractivity contribution in [3.8, 4) is 0 Å². The maximum absolute atomic E-state index is 12.9. The second-order valence-electron chi connectivity index (χ2n) is 6.24. The van der Waals surface area contributed by atoms with Crippen LogP contribution in [0.1, 0.15) is 44.1 Å². The molecule has 1 fully saturated rings. The Morgan fingerprint density at radius 2 is 1.68 bits per heavy atom. The van der Waals surface area contributed by atoms with Crippen molar-refractivity contribution in [2.45, 2.75) is 45.1 Å². The number of likely N-dealkylation sites (tertiary alicyclic amines) is 1. The fraction of sp³-hybridized carbons (Fsp3) is 0.611. The lowest BCUT2D eigenvalue weighted by atomic mass is 10.1. The van der Waals surface area contributed by atoms with Crippen molar-refractivity contribution < 1.29 is 9.18 Å². The first-order chi connectivity index (χ1) is 10.6. The third-order valence-electron chi connectivity index (χ3n) is 4.35. The monoisotopic (exact) mass is 306 g/mol. The summed E-state index contributed by atoms with van der Waals surface area (Å²) in [6.45, 7) is 3.63. The molecule has 0 saturated carbocycles. The van der Waals surface area contributed by atoms with Gasteiger partial charge in [-0.2, -0.15) is 0 Å². The zero-order valence-electron chi connectivity index (χ0n) is 13.6. The molecule has 0 radical (unpaired) electrons. The van der Waals surface area contributed by atoms with Gasteiger partial charge in [0.2, 0.25) is 5.91 Å². The summed E-state index contributed by atoms with van der Waals surface area (Å²) in [5, 5.41) is 0. The molecular weight excluding hydrogens is 279 g/mol. The van der Waals surface area contributed by atoms with E-state index in [1.807, 2.05) is 7.05 Å².